The van der Waals surface area contributed by atoms with Crippen molar-refractivity contribution in [1.82, 2.24) is 9.88 Å². The largest absolute Gasteiger partial charge is 0.480 e. The highest BCUT2D eigenvalue weighted by Crippen LogP contribution is 2.28. The van der Waals surface area contributed by atoms with Crippen LogP contribution in [-0.2, 0) is 20.7 Å². The number of carbonyl (C=O) groups excluding carboxylic acids is 1. The molecule has 0 radical (unpaired) electrons. The van der Waals surface area contributed by atoms with Crippen LogP contribution in [0.2, 0.25) is 5.02 Å². The Labute approximate surface area is 161 Å². The Balaban J connectivity index is 1.63. The van der Waals surface area contributed by atoms with E-state index in [-0.39, 0.29) is 24.9 Å². The molecule has 27 heavy (non-hydrogen) atoms. The fourth-order valence-corrected chi connectivity index (χ4v) is 3.36. The van der Waals surface area contributed by atoms with Crippen LogP contribution in [0, 0.1) is 0 Å². The van der Waals surface area contributed by atoms with Crippen molar-refractivity contribution in [3.8, 4) is 11.3 Å². The van der Waals surface area contributed by atoms with Gasteiger partial charge in [-0.25, -0.2) is 4.98 Å². The first-order valence-electron chi connectivity index (χ1n) is 8.83. The van der Waals surface area contributed by atoms with Crippen LogP contribution in [0.1, 0.15) is 25.2 Å². The lowest BCUT2D eigenvalue weighted by atomic mass is 10.1. The Bertz CT molecular complexity index is 801. The highest BCUT2D eigenvalue weighted by Gasteiger charge is 2.27. The number of oxazole rings is 1. The molecular weight excluding hydrogens is 372 g/mol. The maximum Gasteiger partial charge on any atom is 0.323 e. The lowest BCUT2D eigenvalue weighted by Crippen LogP contribution is -2.46. The predicted molar refractivity (Wildman–Crippen MR) is 98.5 cm³/mol. The van der Waals surface area contributed by atoms with Crippen molar-refractivity contribution in [2.45, 2.75) is 31.7 Å². The zero-order chi connectivity index (χ0) is 19.2. The predicted octanol–water partition coefficient (Wildman–Crippen LogP) is 3.02. The van der Waals surface area contributed by atoms with Crippen molar-refractivity contribution in [2.24, 2.45) is 0 Å². The van der Waals surface area contributed by atoms with Crippen molar-refractivity contribution in [1.29, 1.82) is 0 Å². The Morgan fingerprint density at radius 2 is 2.00 bits per heavy atom. The third-order valence-electron chi connectivity index (χ3n) is 4.50. The van der Waals surface area contributed by atoms with E-state index >= 15 is 0 Å². The molecule has 2 heterocycles. The number of hydrogen-bond acceptors (Lipinski definition) is 5. The topological polar surface area (TPSA) is 92.9 Å². The minimum absolute atomic E-state index is 0.106. The number of hydrogen-bond donors (Lipinski definition) is 1. The Morgan fingerprint density at radius 1 is 1.26 bits per heavy atom. The number of benzene rings is 1. The number of carboxylic acid groups (broad SMARTS) is 1. The molecule has 1 fully saturated rings. The second kappa shape index (κ2) is 9.01. The fraction of sp³-hybridized carbons (Fsp3) is 0.421. The van der Waals surface area contributed by atoms with Crippen LogP contribution in [0.15, 0.2) is 34.9 Å². The van der Waals surface area contributed by atoms with Gasteiger partial charge in [-0.05, 0) is 25.0 Å². The van der Waals surface area contributed by atoms with Gasteiger partial charge in [-0.2, -0.15) is 0 Å². The normalized spacial score (nSPS) is 14.9. The Kier molecular flexibility index (Phi) is 6.47. The van der Waals surface area contributed by atoms with Gasteiger partial charge in [0.25, 0.3) is 0 Å². The van der Waals surface area contributed by atoms with Gasteiger partial charge in [0, 0.05) is 37.7 Å². The molecule has 1 N–H and O–H groups in total. The Morgan fingerprint density at radius 3 is 2.70 bits per heavy atom. The maximum atomic E-state index is 12.6. The summed E-state index contributed by atoms with van der Waals surface area (Å²) in [5.41, 5.74) is 0.735. The van der Waals surface area contributed by atoms with Gasteiger partial charge in [0.2, 0.25) is 5.91 Å². The third kappa shape index (κ3) is 5.08. The van der Waals surface area contributed by atoms with Crippen LogP contribution in [0.4, 0.5) is 0 Å². The fourth-order valence-electron chi connectivity index (χ4n) is 3.13. The molecule has 3 rings (SSSR count). The minimum atomic E-state index is -1.02. The smallest absolute Gasteiger partial charge is 0.323 e. The first-order valence-corrected chi connectivity index (χ1v) is 9.21. The van der Waals surface area contributed by atoms with Gasteiger partial charge in [0.1, 0.15) is 6.54 Å². The molecule has 0 unspecified atom stereocenters. The number of nitrogens with zero attached hydrogens (tertiary/aromatic N) is 2. The second-order valence-corrected chi connectivity index (χ2v) is 6.76. The number of rotatable bonds is 7. The zero-order valence-corrected chi connectivity index (χ0v) is 15.5. The van der Waals surface area contributed by atoms with E-state index < -0.39 is 5.97 Å². The van der Waals surface area contributed by atoms with E-state index in [1.165, 1.54) is 4.90 Å². The van der Waals surface area contributed by atoms with E-state index in [4.69, 9.17) is 25.9 Å². The van der Waals surface area contributed by atoms with Gasteiger partial charge in [0.05, 0.1) is 11.2 Å². The molecule has 7 nitrogen and oxygen atoms in total. The number of aryl methyl sites for hydroxylation is 1. The first-order chi connectivity index (χ1) is 13.0. The minimum Gasteiger partial charge on any atom is -0.480 e. The number of carbonyl (C=O) groups is 2. The van der Waals surface area contributed by atoms with E-state index in [1.54, 1.807) is 12.3 Å². The van der Waals surface area contributed by atoms with Crippen LogP contribution in [-0.4, -0.2) is 52.7 Å². The van der Waals surface area contributed by atoms with E-state index in [9.17, 15) is 9.59 Å². The van der Waals surface area contributed by atoms with Crippen molar-refractivity contribution >= 4 is 23.5 Å². The maximum absolute atomic E-state index is 12.6. The lowest BCUT2D eigenvalue weighted by molar-refractivity contribution is -0.147. The molecule has 8 heteroatoms. The number of carboxylic acids is 1. The lowest BCUT2D eigenvalue weighted by Gasteiger charge is -2.33. The van der Waals surface area contributed by atoms with Crippen molar-refractivity contribution in [3.05, 3.63) is 41.4 Å². The molecule has 1 aromatic carbocycles. The van der Waals surface area contributed by atoms with Gasteiger partial charge >= 0.3 is 5.97 Å². The number of aliphatic carboxylic acids is 1. The summed E-state index contributed by atoms with van der Waals surface area (Å²) >= 11 is 6.16. The molecule has 0 bridgehead atoms. The molecule has 1 saturated heterocycles. The molecule has 0 spiro atoms. The summed E-state index contributed by atoms with van der Waals surface area (Å²) in [6.07, 6.45) is 3.30. The number of halogens is 1. The molecule has 0 saturated carbocycles. The number of aromatic nitrogens is 1. The summed E-state index contributed by atoms with van der Waals surface area (Å²) < 4.78 is 11.0. The number of ether oxygens (including phenoxy) is 1. The summed E-state index contributed by atoms with van der Waals surface area (Å²) in [5, 5.41) is 9.69. The van der Waals surface area contributed by atoms with Crippen LogP contribution < -0.4 is 0 Å². The average Bonchev–Trinajstić information content (AvgIpc) is 3.14. The van der Waals surface area contributed by atoms with Crippen LogP contribution >= 0.6 is 11.6 Å². The summed E-state index contributed by atoms with van der Waals surface area (Å²) in [6, 6.07) is 7.17. The Hall–Kier alpha value is -2.38. The van der Waals surface area contributed by atoms with Gasteiger partial charge in [0.15, 0.2) is 11.7 Å². The van der Waals surface area contributed by atoms with Gasteiger partial charge < -0.3 is 19.2 Å². The SMILES string of the molecule is O=C(O)CN(C(=O)CCc1ncc(-c2ccccc2Cl)o1)C1CCOCC1. The van der Waals surface area contributed by atoms with E-state index in [2.05, 4.69) is 4.98 Å². The van der Waals surface area contributed by atoms with Crippen molar-refractivity contribution < 1.29 is 23.8 Å². The van der Waals surface area contributed by atoms with Crippen LogP contribution in [0.25, 0.3) is 11.3 Å². The summed E-state index contributed by atoms with van der Waals surface area (Å²) in [4.78, 5) is 29.4. The molecule has 1 aliphatic heterocycles. The van der Waals surface area contributed by atoms with E-state index in [0.29, 0.717) is 49.1 Å². The first kappa shape index (κ1) is 19.4. The third-order valence-corrected chi connectivity index (χ3v) is 4.83. The number of amides is 1. The van der Waals surface area contributed by atoms with Gasteiger partial charge in [-0.1, -0.05) is 23.7 Å². The van der Waals surface area contributed by atoms with Crippen molar-refractivity contribution in [3.63, 3.8) is 0 Å². The molecule has 0 aliphatic carbocycles. The summed E-state index contributed by atoms with van der Waals surface area (Å²) in [6.45, 7) is 0.768. The van der Waals surface area contributed by atoms with Gasteiger partial charge in [-0.15, -0.1) is 0 Å². The molecule has 144 valence electrons. The quantitative estimate of drug-likeness (QED) is 0.778. The molecule has 1 aromatic heterocycles. The highest BCUT2D eigenvalue weighted by molar-refractivity contribution is 6.33. The summed E-state index contributed by atoms with van der Waals surface area (Å²) in [7, 11) is 0. The van der Waals surface area contributed by atoms with Gasteiger partial charge in [-0.3, -0.25) is 9.59 Å². The molecule has 1 aliphatic rings. The summed E-state index contributed by atoms with van der Waals surface area (Å²) in [5.74, 6) is -0.288. The zero-order valence-electron chi connectivity index (χ0n) is 14.8. The highest BCUT2D eigenvalue weighted by atomic mass is 35.5. The second-order valence-electron chi connectivity index (χ2n) is 6.36. The van der Waals surface area contributed by atoms with Crippen molar-refractivity contribution in [2.75, 3.05) is 19.8 Å². The van der Waals surface area contributed by atoms with E-state index in [0.717, 1.165) is 5.56 Å². The van der Waals surface area contributed by atoms with E-state index in [1.807, 2.05) is 18.2 Å². The molecule has 0 atom stereocenters. The molecular formula is C19H21ClN2O5. The van der Waals surface area contributed by atoms with Crippen LogP contribution in [0.3, 0.4) is 0 Å². The molecule has 1 amide bonds. The molecule has 2 aromatic rings. The monoisotopic (exact) mass is 392 g/mol. The van der Waals surface area contributed by atoms with Crippen LogP contribution in [0.5, 0.6) is 0 Å². The average molecular weight is 393 g/mol. The standard InChI is InChI=1S/C19H21ClN2O5/c20-15-4-2-1-3-14(15)16-11-21-17(27-16)5-6-18(23)22(12-19(24)25)13-7-9-26-10-8-13/h1-4,11,13H,5-10,12H2,(H,24,25).